The molecule has 2 aromatic carbocycles. The zero-order chi connectivity index (χ0) is 20.1. The fourth-order valence-corrected chi connectivity index (χ4v) is 3.21. The van der Waals surface area contributed by atoms with Gasteiger partial charge in [-0.1, -0.05) is 24.3 Å². The highest BCUT2D eigenvalue weighted by Crippen LogP contribution is 2.34. The number of hydrogen-bond donors (Lipinski definition) is 1. The zero-order valence-corrected chi connectivity index (χ0v) is 16.5. The molecule has 28 heavy (non-hydrogen) atoms. The van der Waals surface area contributed by atoms with Gasteiger partial charge in [0.25, 0.3) is 5.91 Å². The van der Waals surface area contributed by atoms with Crippen LogP contribution in [0.25, 0.3) is 0 Å². The molecule has 3 rings (SSSR count). The summed E-state index contributed by atoms with van der Waals surface area (Å²) >= 11 is 0. The van der Waals surface area contributed by atoms with Crippen LogP contribution in [0, 0.1) is 0 Å². The summed E-state index contributed by atoms with van der Waals surface area (Å²) in [6.07, 6.45) is 0.185. The first-order chi connectivity index (χ1) is 13.4. The lowest BCUT2D eigenvalue weighted by Crippen LogP contribution is -2.54. The smallest absolute Gasteiger partial charge is 0.310 e. The molecule has 1 aliphatic heterocycles. The molecule has 6 heteroatoms. The summed E-state index contributed by atoms with van der Waals surface area (Å²) in [6, 6.07) is 15.0. The average molecular weight is 382 g/mol. The SMILES string of the molecule is CCOc1ccc(CC(=O)OCCN2C(=O)C(C)(C)Nc3ccccc32)cc1. The van der Waals surface area contributed by atoms with Crippen molar-refractivity contribution in [3.05, 3.63) is 54.1 Å². The monoisotopic (exact) mass is 382 g/mol. The Balaban J connectivity index is 1.56. The maximum atomic E-state index is 12.8. The standard InChI is InChI=1S/C22H26N2O4/c1-4-27-17-11-9-16(10-12-17)15-20(25)28-14-13-24-19-8-6-5-7-18(19)23-22(2,3)21(24)26/h5-12,23H,4,13-15H2,1-3H3. The van der Waals surface area contributed by atoms with Crippen LogP contribution in [0.2, 0.25) is 0 Å². The summed E-state index contributed by atoms with van der Waals surface area (Å²) in [6.45, 7) is 6.67. The minimum Gasteiger partial charge on any atom is -0.494 e. The molecule has 1 aliphatic rings. The van der Waals surface area contributed by atoms with Crippen molar-refractivity contribution in [2.24, 2.45) is 0 Å². The van der Waals surface area contributed by atoms with Gasteiger partial charge in [0, 0.05) is 0 Å². The van der Waals surface area contributed by atoms with E-state index in [4.69, 9.17) is 9.47 Å². The fourth-order valence-electron chi connectivity index (χ4n) is 3.21. The first-order valence-electron chi connectivity index (χ1n) is 9.47. The largest absolute Gasteiger partial charge is 0.494 e. The number of anilines is 2. The second kappa shape index (κ2) is 8.33. The molecule has 0 aromatic heterocycles. The van der Waals surface area contributed by atoms with E-state index in [0.29, 0.717) is 13.2 Å². The molecule has 148 valence electrons. The van der Waals surface area contributed by atoms with E-state index in [1.165, 1.54) is 0 Å². The topological polar surface area (TPSA) is 67.9 Å². The molecule has 2 aromatic rings. The number of nitrogens with one attached hydrogen (secondary N) is 1. The normalized spacial score (nSPS) is 14.8. The highest BCUT2D eigenvalue weighted by Gasteiger charge is 2.38. The van der Waals surface area contributed by atoms with Gasteiger partial charge in [0.2, 0.25) is 0 Å². The van der Waals surface area contributed by atoms with Gasteiger partial charge < -0.3 is 19.7 Å². The quantitative estimate of drug-likeness (QED) is 0.744. The van der Waals surface area contributed by atoms with E-state index >= 15 is 0 Å². The molecule has 0 saturated carbocycles. The number of carbonyl (C=O) groups excluding carboxylic acids is 2. The van der Waals surface area contributed by atoms with Crippen molar-refractivity contribution in [1.29, 1.82) is 0 Å². The van der Waals surface area contributed by atoms with Gasteiger partial charge in [0.15, 0.2) is 0 Å². The van der Waals surface area contributed by atoms with Gasteiger partial charge in [-0.25, -0.2) is 0 Å². The number of carbonyl (C=O) groups is 2. The van der Waals surface area contributed by atoms with Crippen molar-refractivity contribution in [2.45, 2.75) is 32.7 Å². The molecule has 6 nitrogen and oxygen atoms in total. The van der Waals surface area contributed by atoms with Crippen LogP contribution in [0.1, 0.15) is 26.3 Å². The molecule has 0 atom stereocenters. The minimum atomic E-state index is -0.708. The number of benzene rings is 2. The lowest BCUT2D eigenvalue weighted by molar-refractivity contribution is -0.142. The molecule has 1 amide bonds. The summed E-state index contributed by atoms with van der Waals surface area (Å²) in [5, 5.41) is 3.25. The maximum Gasteiger partial charge on any atom is 0.310 e. The third kappa shape index (κ3) is 4.44. The predicted octanol–water partition coefficient (Wildman–Crippen LogP) is 3.41. The Labute approximate surface area is 165 Å². The van der Waals surface area contributed by atoms with Crippen LogP contribution in [-0.4, -0.2) is 37.2 Å². The van der Waals surface area contributed by atoms with Crippen molar-refractivity contribution < 1.29 is 19.1 Å². The van der Waals surface area contributed by atoms with E-state index in [1.54, 1.807) is 4.90 Å². The van der Waals surface area contributed by atoms with Crippen molar-refractivity contribution in [2.75, 3.05) is 30.0 Å². The van der Waals surface area contributed by atoms with E-state index in [-0.39, 0.29) is 24.9 Å². The second-order valence-electron chi connectivity index (χ2n) is 7.20. The van der Waals surface area contributed by atoms with Crippen LogP contribution in [0.15, 0.2) is 48.5 Å². The number of esters is 1. The number of ether oxygens (including phenoxy) is 2. The highest BCUT2D eigenvalue weighted by molar-refractivity contribution is 6.07. The molecule has 1 heterocycles. The fraction of sp³-hybridized carbons (Fsp3) is 0.364. The summed E-state index contributed by atoms with van der Waals surface area (Å²) in [5.41, 5.74) is 1.85. The minimum absolute atomic E-state index is 0.0474. The van der Waals surface area contributed by atoms with E-state index < -0.39 is 5.54 Å². The van der Waals surface area contributed by atoms with E-state index in [0.717, 1.165) is 22.7 Å². The van der Waals surface area contributed by atoms with Gasteiger partial charge in [-0.3, -0.25) is 9.59 Å². The molecule has 0 radical (unpaired) electrons. The van der Waals surface area contributed by atoms with Crippen LogP contribution < -0.4 is 15.0 Å². The molecule has 0 bridgehead atoms. The summed E-state index contributed by atoms with van der Waals surface area (Å²) in [4.78, 5) is 26.6. The van der Waals surface area contributed by atoms with Gasteiger partial charge in [0.1, 0.15) is 17.9 Å². The van der Waals surface area contributed by atoms with Crippen LogP contribution in [-0.2, 0) is 20.7 Å². The van der Waals surface area contributed by atoms with Gasteiger partial charge in [-0.05, 0) is 50.6 Å². The molecule has 0 saturated heterocycles. The Morgan fingerprint density at radius 1 is 1.11 bits per heavy atom. The molecule has 0 unspecified atom stereocenters. The Hall–Kier alpha value is -3.02. The highest BCUT2D eigenvalue weighted by atomic mass is 16.5. The number of hydrogen-bond acceptors (Lipinski definition) is 5. The Kier molecular flexibility index (Phi) is 5.87. The third-order valence-electron chi connectivity index (χ3n) is 4.58. The lowest BCUT2D eigenvalue weighted by Gasteiger charge is -2.39. The average Bonchev–Trinajstić information content (AvgIpc) is 2.66. The summed E-state index contributed by atoms with van der Waals surface area (Å²) in [7, 11) is 0. The van der Waals surface area contributed by atoms with Crippen molar-refractivity contribution in [1.82, 2.24) is 0 Å². The van der Waals surface area contributed by atoms with E-state index in [2.05, 4.69) is 5.32 Å². The van der Waals surface area contributed by atoms with Crippen molar-refractivity contribution in [3.8, 4) is 5.75 Å². The summed E-state index contributed by atoms with van der Waals surface area (Å²) < 4.78 is 10.8. The maximum absolute atomic E-state index is 12.8. The number of rotatable bonds is 7. The molecule has 0 spiro atoms. The number of nitrogens with zero attached hydrogens (tertiary/aromatic N) is 1. The predicted molar refractivity (Wildman–Crippen MR) is 109 cm³/mol. The lowest BCUT2D eigenvalue weighted by atomic mass is 9.98. The van der Waals surface area contributed by atoms with Crippen LogP contribution in [0.3, 0.4) is 0 Å². The van der Waals surface area contributed by atoms with Crippen molar-refractivity contribution in [3.63, 3.8) is 0 Å². The Morgan fingerprint density at radius 2 is 1.82 bits per heavy atom. The molecular formula is C22H26N2O4. The van der Waals surface area contributed by atoms with Gasteiger partial charge >= 0.3 is 5.97 Å². The summed E-state index contributed by atoms with van der Waals surface area (Å²) in [5.74, 6) is 0.408. The van der Waals surface area contributed by atoms with Crippen LogP contribution in [0.5, 0.6) is 5.75 Å². The third-order valence-corrected chi connectivity index (χ3v) is 4.58. The zero-order valence-electron chi connectivity index (χ0n) is 16.5. The molecule has 0 aliphatic carbocycles. The van der Waals surface area contributed by atoms with Gasteiger partial charge in [-0.15, -0.1) is 0 Å². The number of fused-ring (bicyclic) bond motifs is 1. The van der Waals surface area contributed by atoms with Crippen LogP contribution >= 0.6 is 0 Å². The molecule has 0 fully saturated rings. The van der Waals surface area contributed by atoms with E-state index in [9.17, 15) is 9.59 Å². The van der Waals surface area contributed by atoms with Gasteiger partial charge in [0.05, 0.1) is 30.9 Å². The van der Waals surface area contributed by atoms with Gasteiger partial charge in [-0.2, -0.15) is 0 Å². The first-order valence-corrected chi connectivity index (χ1v) is 9.47. The van der Waals surface area contributed by atoms with Crippen LogP contribution in [0.4, 0.5) is 11.4 Å². The van der Waals surface area contributed by atoms with Crippen molar-refractivity contribution >= 4 is 23.3 Å². The Morgan fingerprint density at radius 3 is 2.54 bits per heavy atom. The molecular weight excluding hydrogens is 356 g/mol. The molecule has 1 N–H and O–H groups in total. The number of amides is 1. The van der Waals surface area contributed by atoms with E-state index in [1.807, 2.05) is 69.3 Å². The second-order valence-corrected chi connectivity index (χ2v) is 7.20. The Bertz CT molecular complexity index is 846. The first kappa shape index (κ1) is 19.7. The number of para-hydroxylation sites is 2.